The normalized spacial score (nSPS) is 23.5. The minimum Gasteiger partial charge on any atom is -0.340 e. The summed E-state index contributed by atoms with van der Waals surface area (Å²) in [4.78, 5) is 16.7. The van der Waals surface area contributed by atoms with Gasteiger partial charge >= 0.3 is 0 Å². The molecule has 2 atom stereocenters. The van der Waals surface area contributed by atoms with Gasteiger partial charge in [-0.2, -0.15) is 0 Å². The molecule has 1 heterocycles. The van der Waals surface area contributed by atoms with Crippen molar-refractivity contribution in [3.05, 3.63) is 34.3 Å². The van der Waals surface area contributed by atoms with Gasteiger partial charge in [-0.3, -0.25) is 9.69 Å². The smallest absolute Gasteiger partial charge is 0.239 e. The molecule has 1 aromatic carbocycles. The Kier molecular flexibility index (Phi) is 5.64. The van der Waals surface area contributed by atoms with E-state index in [2.05, 4.69) is 27.8 Å². The van der Waals surface area contributed by atoms with E-state index < -0.39 is 0 Å². The second kappa shape index (κ2) is 7.11. The van der Waals surface area contributed by atoms with E-state index >= 15 is 0 Å². The van der Waals surface area contributed by atoms with Crippen LogP contribution in [0.15, 0.2) is 28.7 Å². The Morgan fingerprint density at radius 2 is 2.09 bits per heavy atom. The standard InChI is InChI=1S/C17H26BrN3O/c1-13(21-9-8-17(2,11-19)12-21)16(22)20(3)10-14-4-6-15(18)7-5-14/h4-7,13H,8-12,19H2,1-3H3. The van der Waals surface area contributed by atoms with Gasteiger partial charge in [0.1, 0.15) is 0 Å². The molecule has 122 valence electrons. The lowest BCUT2D eigenvalue weighted by Crippen LogP contribution is -2.45. The highest BCUT2D eigenvalue weighted by Gasteiger charge is 2.37. The van der Waals surface area contributed by atoms with Gasteiger partial charge in [0.15, 0.2) is 0 Å². The molecule has 4 nitrogen and oxygen atoms in total. The molecule has 1 saturated heterocycles. The second-order valence-corrected chi connectivity index (χ2v) is 7.65. The highest BCUT2D eigenvalue weighted by atomic mass is 79.9. The van der Waals surface area contributed by atoms with Gasteiger partial charge in [0.05, 0.1) is 6.04 Å². The zero-order valence-corrected chi connectivity index (χ0v) is 15.3. The fraction of sp³-hybridized carbons (Fsp3) is 0.588. The van der Waals surface area contributed by atoms with Gasteiger partial charge in [0.2, 0.25) is 5.91 Å². The zero-order chi connectivity index (χ0) is 16.3. The second-order valence-electron chi connectivity index (χ2n) is 6.73. The molecule has 0 saturated carbocycles. The molecule has 0 aliphatic carbocycles. The van der Waals surface area contributed by atoms with E-state index in [0.29, 0.717) is 13.1 Å². The highest BCUT2D eigenvalue weighted by Crippen LogP contribution is 2.30. The van der Waals surface area contributed by atoms with Gasteiger partial charge in [0, 0.05) is 24.6 Å². The van der Waals surface area contributed by atoms with Crippen molar-refractivity contribution in [3.8, 4) is 0 Å². The Balaban J connectivity index is 1.94. The van der Waals surface area contributed by atoms with Crippen molar-refractivity contribution in [2.45, 2.75) is 32.9 Å². The van der Waals surface area contributed by atoms with Crippen molar-refractivity contribution in [3.63, 3.8) is 0 Å². The molecule has 1 amide bonds. The SMILES string of the molecule is CC(C(=O)N(C)Cc1ccc(Br)cc1)N1CCC(C)(CN)C1. The number of carbonyl (C=O) groups excluding carboxylic acids is 1. The quantitative estimate of drug-likeness (QED) is 0.869. The van der Waals surface area contributed by atoms with Gasteiger partial charge in [-0.1, -0.05) is 35.0 Å². The fourth-order valence-corrected chi connectivity index (χ4v) is 3.24. The van der Waals surface area contributed by atoms with E-state index in [1.165, 1.54) is 0 Å². The van der Waals surface area contributed by atoms with Crippen LogP contribution in [0.5, 0.6) is 0 Å². The van der Waals surface area contributed by atoms with Crippen LogP contribution in [-0.2, 0) is 11.3 Å². The molecule has 2 unspecified atom stereocenters. The van der Waals surface area contributed by atoms with Crippen LogP contribution in [0.25, 0.3) is 0 Å². The lowest BCUT2D eigenvalue weighted by molar-refractivity contribution is -0.135. The van der Waals surface area contributed by atoms with Gasteiger partial charge in [-0.15, -0.1) is 0 Å². The maximum Gasteiger partial charge on any atom is 0.239 e. The topological polar surface area (TPSA) is 49.6 Å². The first-order chi connectivity index (χ1) is 10.3. The van der Waals surface area contributed by atoms with Crippen LogP contribution in [0.3, 0.4) is 0 Å². The molecule has 1 fully saturated rings. The Morgan fingerprint density at radius 1 is 1.45 bits per heavy atom. The van der Waals surface area contributed by atoms with Crippen LogP contribution < -0.4 is 5.73 Å². The minimum absolute atomic E-state index is 0.0891. The van der Waals surface area contributed by atoms with Gasteiger partial charge in [-0.05, 0) is 49.5 Å². The molecule has 0 bridgehead atoms. The molecule has 5 heteroatoms. The number of carbonyl (C=O) groups is 1. The van der Waals surface area contributed by atoms with Gasteiger partial charge in [0.25, 0.3) is 0 Å². The van der Waals surface area contributed by atoms with Crippen molar-refractivity contribution in [1.29, 1.82) is 0 Å². The van der Waals surface area contributed by atoms with E-state index in [1.807, 2.05) is 43.1 Å². The first-order valence-corrected chi connectivity index (χ1v) is 8.57. The fourth-order valence-electron chi connectivity index (χ4n) is 2.98. The molecule has 1 aromatic rings. The van der Waals surface area contributed by atoms with Crippen LogP contribution in [-0.4, -0.2) is 48.4 Å². The maximum atomic E-state index is 12.6. The average molecular weight is 368 g/mol. The number of hydrogen-bond acceptors (Lipinski definition) is 3. The van der Waals surface area contributed by atoms with Gasteiger partial charge < -0.3 is 10.6 Å². The number of likely N-dealkylation sites (N-methyl/N-ethyl adjacent to an activating group) is 1. The molecule has 22 heavy (non-hydrogen) atoms. The van der Waals surface area contributed by atoms with E-state index in [9.17, 15) is 4.79 Å². The molecule has 0 radical (unpaired) electrons. The van der Waals surface area contributed by atoms with Crippen molar-refractivity contribution in [1.82, 2.24) is 9.80 Å². The molecule has 1 aliphatic heterocycles. The van der Waals surface area contributed by atoms with Crippen LogP contribution in [0.4, 0.5) is 0 Å². The average Bonchev–Trinajstić information content (AvgIpc) is 2.91. The van der Waals surface area contributed by atoms with E-state index in [1.54, 1.807) is 0 Å². The predicted molar refractivity (Wildman–Crippen MR) is 93.4 cm³/mol. The van der Waals surface area contributed by atoms with E-state index in [0.717, 1.165) is 29.5 Å². The number of halogens is 1. The lowest BCUT2D eigenvalue weighted by atomic mass is 9.90. The van der Waals surface area contributed by atoms with E-state index in [4.69, 9.17) is 5.73 Å². The number of nitrogens with two attached hydrogens (primary N) is 1. The first-order valence-electron chi connectivity index (χ1n) is 7.78. The number of amides is 1. The minimum atomic E-state index is -0.0891. The largest absolute Gasteiger partial charge is 0.340 e. The summed E-state index contributed by atoms with van der Waals surface area (Å²) < 4.78 is 1.05. The van der Waals surface area contributed by atoms with E-state index in [-0.39, 0.29) is 17.4 Å². The third-order valence-corrected chi connectivity index (χ3v) is 5.22. The summed E-state index contributed by atoms with van der Waals surface area (Å²) in [7, 11) is 1.87. The maximum absolute atomic E-state index is 12.6. The number of rotatable bonds is 5. The predicted octanol–water partition coefficient (Wildman–Crippen LogP) is 2.47. The molecule has 1 aliphatic rings. The summed E-state index contributed by atoms with van der Waals surface area (Å²) >= 11 is 3.43. The molecule has 0 aromatic heterocycles. The molecular formula is C17H26BrN3O. The first kappa shape index (κ1) is 17.4. The number of benzene rings is 1. The monoisotopic (exact) mass is 367 g/mol. The van der Waals surface area contributed by atoms with Gasteiger partial charge in [-0.25, -0.2) is 0 Å². The summed E-state index contributed by atoms with van der Waals surface area (Å²) in [5.41, 5.74) is 7.14. The lowest BCUT2D eigenvalue weighted by Gasteiger charge is -2.29. The Bertz CT molecular complexity index is 519. The van der Waals surface area contributed by atoms with Crippen LogP contribution in [0, 0.1) is 5.41 Å². The summed E-state index contributed by atoms with van der Waals surface area (Å²) in [5.74, 6) is 0.171. The number of nitrogens with zero attached hydrogens (tertiary/aromatic N) is 2. The number of likely N-dealkylation sites (tertiary alicyclic amines) is 1. The van der Waals surface area contributed by atoms with Crippen molar-refractivity contribution >= 4 is 21.8 Å². The Morgan fingerprint density at radius 3 is 2.64 bits per heavy atom. The summed E-state index contributed by atoms with van der Waals surface area (Å²) in [6, 6.07) is 8.00. The summed E-state index contributed by atoms with van der Waals surface area (Å²) in [5, 5.41) is 0. The number of hydrogen-bond donors (Lipinski definition) is 1. The highest BCUT2D eigenvalue weighted by molar-refractivity contribution is 9.10. The van der Waals surface area contributed by atoms with Crippen molar-refractivity contribution in [2.75, 3.05) is 26.7 Å². The van der Waals surface area contributed by atoms with Crippen LogP contribution >= 0.6 is 15.9 Å². The van der Waals surface area contributed by atoms with Crippen LogP contribution in [0.2, 0.25) is 0 Å². The molecule has 2 N–H and O–H groups in total. The summed E-state index contributed by atoms with van der Waals surface area (Å²) in [6.07, 6.45) is 1.07. The molecule has 0 spiro atoms. The third kappa shape index (κ3) is 4.09. The van der Waals surface area contributed by atoms with Crippen LogP contribution in [0.1, 0.15) is 25.8 Å². The molecular weight excluding hydrogens is 342 g/mol. The molecule has 2 rings (SSSR count). The van der Waals surface area contributed by atoms with Crippen molar-refractivity contribution in [2.24, 2.45) is 11.1 Å². The summed E-state index contributed by atoms with van der Waals surface area (Å²) in [6.45, 7) is 7.38. The Labute approximate surface area is 141 Å². The third-order valence-electron chi connectivity index (χ3n) is 4.69. The zero-order valence-electron chi connectivity index (χ0n) is 13.7. The Hall–Kier alpha value is -0.910. The van der Waals surface area contributed by atoms with Crippen molar-refractivity contribution < 1.29 is 4.79 Å².